The Hall–Kier alpha value is -6.50. The fourth-order valence-electron chi connectivity index (χ4n) is 8.91. The van der Waals surface area contributed by atoms with Gasteiger partial charge in [-0.1, -0.05) is 94.4 Å². The molecule has 6 aromatic carbocycles. The van der Waals surface area contributed by atoms with Gasteiger partial charge in [0.2, 0.25) is 0 Å². The van der Waals surface area contributed by atoms with Gasteiger partial charge in [0.25, 0.3) is 0 Å². The van der Waals surface area contributed by atoms with Crippen LogP contribution in [0.25, 0.3) is 86.4 Å². The summed E-state index contributed by atoms with van der Waals surface area (Å²) in [5, 5.41) is 8.38. The topological polar surface area (TPSA) is 44.3 Å². The van der Waals surface area contributed by atoms with E-state index in [9.17, 15) is 0 Å². The maximum atomic E-state index is 6.80. The quantitative estimate of drug-likeness (QED) is 0.159. The highest BCUT2D eigenvalue weighted by molar-refractivity contribution is 7.26. The molecule has 56 heavy (non-hydrogen) atoms. The summed E-state index contributed by atoms with van der Waals surface area (Å²) in [7, 11) is 0. The van der Waals surface area contributed by atoms with Gasteiger partial charge in [0, 0.05) is 59.5 Å². The maximum Gasteiger partial charge on any atom is 0.145 e. The van der Waals surface area contributed by atoms with Gasteiger partial charge in [-0.15, -0.1) is 11.3 Å². The summed E-state index contributed by atoms with van der Waals surface area (Å²) >= 11 is 1.86. The van der Waals surface area contributed by atoms with E-state index in [1.54, 1.807) is 0 Å². The van der Waals surface area contributed by atoms with Crippen molar-refractivity contribution in [2.24, 2.45) is 0 Å². The lowest BCUT2D eigenvalue weighted by Gasteiger charge is -2.20. The lowest BCUT2D eigenvalue weighted by Crippen LogP contribution is -2.02. The highest BCUT2D eigenvalue weighted by atomic mass is 32.1. The number of para-hydroxylation sites is 1. The molecule has 270 valence electrons. The lowest BCUT2D eigenvalue weighted by molar-refractivity contribution is 0.484. The molecule has 0 unspecified atom stereocenters. The molecule has 0 aliphatic rings. The van der Waals surface area contributed by atoms with Crippen LogP contribution in [0.15, 0.2) is 146 Å². The van der Waals surface area contributed by atoms with E-state index in [1.165, 1.54) is 53.0 Å². The third-order valence-corrected chi connectivity index (χ3v) is 12.6. The molecule has 5 aromatic heterocycles. The van der Waals surface area contributed by atoms with E-state index in [-0.39, 0.29) is 0 Å². The summed E-state index contributed by atoms with van der Waals surface area (Å²) in [6, 6.07) is 47.6. The molecule has 0 radical (unpaired) electrons. The predicted octanol–water partition coefficient (Wildman–Crippen LogP) is 14.2. The van der Waals surface area contributed by atoms with Gasteiger partial charge in [0.1, 0.15) is 23.0 Å². The van der Waals surface area contributed by atoms with Crippen molar-refractivity contribution < 1.29 is 4.74 Å². The van der Waals surface area contributed by atoms with Gasteiger partial charge >= 0.3 is 0 Å². The number of aromatic nitrogens is 4. The normalized spacial score (nSPS) is 12.2. The number of ether oxygens (including phenoxy) is 1. The molecule has 0 saturated carbocycles. The van der Waals surface area contributed by atoms with Crippen LogP contribution in [0.3, 0.4) is 0 Å². The van der Waals surface area contributed by atoms with Gasteiger partial charge in [-0.25, -0.2) is 9.97 Å². The highest BCUT2D eigenvalue weighted by Crippen LogP contribution is 2.45. The molecular formula is C50H38N4OS. The van der Waals surface area contributed by atoms with Crippen LogP contribution in [-0.2, 0) is 0 Å². The van der Waals surface area contributed by atoms with Gasteiger partial charge in [0.05, 0.1) is 28.4 Å². The minimum absolute atomic E-state index is 0.366. The lowest BCUT2D eigenvalue weighted by atomic mass is 9.87. The molecule has 0 saturated heterocycles. The number of benzene rings is 6. The van der Waals surface area contributed by atoms with Crippen LogP contribution in [-0.4, -0.2) is 18.9 Å². The Balaban J connectivity index is 1.10. The van der Waals surface area contributed by atoms with E-state index in [4.69, 9.17) is 14.7 Å². The first-order valence-electron chi connectivity index (χ1n) is 19.4. The van der Waals surface area contributed by atoms with Crippen LogP contribution in [0.4, 0.5) is 0 Å². The van der Waals surface area contributed by atoms with Crippen molar-refractivity contribution in [1.29, 1.82) is 0 Å². The summed E-state index contributed by atoms with van der Waals surface area (Å²) in [5.74, 6) is 3.13. The zero-order valence-corrected chi connectivity index (χ0v) is 32.4. The molecule has 0 aliphatic heterocycles. The number of thiophene rings is 1. The number of pyridine rings is 2. The van der Waals surface area contributed by atoms with Crippen molar-refractivity contribution in [2.45, 2.75) is 39.5 Å². The molecular weight excluding hydrogens is 705 g/mol. The van der Waals surface area contributed by atoms with E-state index in [1.807, 2.05) is 29.7 Å². The summed E-state index contributed by atoms with van der Waals surface area (Å²) < 4.78 is 14.0. The SMILES string of the molecule is CC(C)c1cccc(C(C)C)c1-c1cnc2c3cc(Oc4ccc5c6c7sc8ccccc8c7ccc6n(-c6ccccn6)c5c4)ccc3c3ccccc3n12. The Labute approximate surface area is 328 Å². The molecule has 5 nitrogen and oxygen atoms in total. The molecule has 11 rings (SSSR count). The molecule has 6 heteroatoms. The van der Waals surface area contributed by atoms with E-state index in [2.05, 4.69) is 164 Å². The van der Waals surface area contributed by atoms with Crippen molar-refractivity contribution in [1.82, 2.24) is 18.9 Å². The van der Waals surface area contributed by atoms with E-state index in [0.717, 1.165) is 56.0 Å². The van der Waals surface area contributed by atoms with Crippen LogP contribution in [0.5, 0.6) is 11.5 Å². The highest BCUT2D eigenvalue weighted by Gasteiger charge is 2.22. The molecule has 0 spiro atoms. The van der Waals surface area contributed by atoms with Crippen LogP contribution < -0.4 is 4.74 Å². The molecule has 0 atom stereocenters. The number of rotatable bonds is 6. The predicted molar refractivity (Wildman–Crippen MR) is 235 cm³/mol. The molecule has 0 fully saturated rings. The fourth-order valence-corrected chi connectivity index (χ4v) is 10.2. The number of nitrogens with zero attached hydrogens (tertiary/aromatic N) is 4. The third-order valence-electron chi connectivity index (χ3n) is 11.4. The first-order valence-corrected chi connectivity index (χ1v) is 20.2. The van der Waals surface area contributed by atoms with E-state index >= 15 is 0 Å². The molecule has 0 amide bonds. The second-order valence-electron chi connectivity index (χ2n) is 15.4. The summed E-state index contributed by atoms with van der Waals surface area (Å²) in [4.78, 5) is 9.99. The van der Waals surface area contributed by atoms with Crippen LogP contribution in [0.2, 0.25) is 0 Å². The zero-order chi connectivity index (χ0) is 37.7. The number of fused-ring (bicyclic) bond motifs is 13. The van der Waals surface area contributed by atoms with Crippen LogP contribution in [0.1, 0.15) is 50.7 Å². The van der Waals surface area contributed by atoms with Gasteiger partial charge in [-0.3, -0.25) is 8.97 Å². The van der Waals surface area contributed by atoms with Gasteiger partial charge in [-0.05, 0) is 89.0 Å². The van der Waals surface area contributed by atoms with E-state index < -0.39 is 0 Å². The van der Waals surface area contributed by atoms with Crippen LogP contribution in [0, 0.1) is 0 Å². The van der Waals surface area contributed by atoms with Crippen molar-refractivity contribution in [3.8, 4) is 28.6 Å². The molecule has 5 heterocycles. The Morgan fingerprint density at radius 2 is 1.27 bits per heavy atom. The summed E-state index contributed by atoms with van der Waals surface area (Å²) in [6.45, 7) is 9.12. The van der Waals surface area contributed by atoms with Gasteiger partial charge < -0.3 is 4.74 Å². The Morgan fingerprint density at radius 1 is 0.554 bits per heavy atom. The van der Waals surface area contributed by atoms with Crippen molar-refractivity contribution in [3.63, 3.8) is 0 Å². The van der Waals surface area contributed by atoms with Crippen LogP contribution >= 0.6 is 11.3 Å². The second-order valence-corrected chi connectivity index (χ2v) is 16.4. The first kappa shape index (κ1) is 32.9. The first-order chi connectivity index (χ1) is 27.4. The molecule has 11 aromatic rings. The monoisotopic (exact) mass is 742 g/mol. The third kappa shape index (κ3) is 4.85. The van der Waals surface area contributed by atoms with Crippen molar-refractivity contribution in [3.05, 3.63) is 157 Å². The molecule has 0 N–H and O–H groups in total. The minimum Gasteiger partial charge on any atom is -0.457 e. The Bertz CT molecular complexity index is 3320. The van der Waals surface area contributed by atoms with E-state index in [0.29, 0.717) is 11.8 Å². The number of imidazole rings is 1. The van der Waals surface area contributed by atoms with Crippen molar-refractivity contribution in [2.75, 3.05) is 0 Å². The number of hydrogen-bond acceptors (Lipinski definition) is 4. The smallest absolute Gasteiger partial charge is 0.145 e. The summed E-state index contributed by atoms with van der Waals surface area (Å²) in [6.07, 6.45) is 3.93. The van der Waals surface area contributed by atoms with Gasteiger partial charge in [-0.2, -0.15) is 0 Å². The Kier molecular flexibility index (Phi) is 7.35. The standard InChI is InChI=1S/C50H38N4OS/c1-29(2)33-14-11-15-34(30(3)4)47(33)44-28-52-50-40-26-31(19-21-35(40)36-12-5-7-16-41(36)54(44)50)55-32-20-22-39-43(27-32)53(46-18-9-10-25-51-46)42-24-23-38-37-13-6-8-17-45(37)56-49(38)48(39)42/h5-30H,1-4H3. The molecule has 0 aliphatic carbocycles. The zero-order valence-electron chi connectivity index (χ0n) is 31.6. The second kappa shape index (κ2) is 12.5. The largest absolute Gasteiger partial charge is 0.457 e. The molecule has 0 bridgehead atoms. The fraction of sp³-hybridized carbons (Fsp3) is 0.120. The van der Waals surface area contributed by atoms with Gasteiger partial charge in [0.15, 0.2) is 0 Å². The summed E-state index contributed by atoms with van der Waals surface area (Å²) in [5.41, 5.74) is 9.33. The average molecular weight is 743 g/mol. The Morgan fingerprint density at radius 3 is 2.05 bits per heavy atom. The number of hydrogen-bond donors (Lipinski definition) is 0. The minimum atomic E-state index is 0.366. The average Bonchev–Trinajstić information content (AvgIpc) is 3.93. The van der Waals surface area contributed by atoms with Crippen molar-refractivity contribution >= 4 is 80.6 Å². The maximum absolute atomic E-state index is 6.80.